The van der Waals surface area contributed by atoms with E-state index in [-0.39, 0.29) is 17.1 Å². The average molecular weight is 452 g/mol. The minimum Gasteiger partial charge on any atom is -0.444 e. The molecule has 1 atom stereocenters. The van der Waals surface area contributed by atoms with Crippen LogP contribution in [0.3, 0.4) is 0 Å². The third-order valence-electron chi connectivity index (χ3n) is 5.74. The first-order valence-corrected chi connectivity index (χ1v) is 10.6. The molecule has 1 N–H and O–H groups in total. The number of hydrogen-bond donors (Lipinski definition) is 1. The zero-order chi connectivity index (χ0) is 20.1. The van der Waals surface area contributed by atoms with Gasteiger partial charge in [-0.2, -0.15) is 9.50 Å². The molecule has 1 amide bonds. The van der Waals surface area contributed by atoms with Gasteiger partial charge in [-0.15, -0.1) is 0 Å². The Balaban J connectivity index is 1.68. The van der Waals surface area contributed by atoms with Crippen LogP contribution in [-0.4, -0.2) is 49.3 Å². The molecule has 2 aromatic heterocycles. The number of nitrogens with one attached hydrogen (secondary N) is 1. The van der Waals surface area contributed by atoms with Crippen molar-refractivity contribution in [1.82, 2.24) is 24.5 Å². The monoisotopic (exact) mass is 451 g/mol. The molecule has 1 saturated heterocycles. The van der Waals surface area contributed by atoms with E-state index in [0.717, 1.165) is 49.8 Å². The van der Waals surface area contributed by atoms with Crippen molar-refractivity contribution in [3.8, 4) is 0 Å². The summed E-state index contributed by atoms with van der Waals surface area (Å²) >= 11 is 3.29. The molecule has 1 unspecified atom stereocenters. The maximum atomic E-state index is 13.3. The van der Waals surface area contributed by atoms with Crippen molar-refractivity contribution < 1.29 is 9.53 Å². The quantitative estimate of drug-likeness (QED) is 0.663. The van der Waals surface area contributed by atoms with Gasteiger partial charge < -0.3 is 9.64 Å². The van der Waals surface area contributed by atoms with E-state index in [2.05, 4.69) is 31.0 Å². The van der Waals surface area contributed by atoms with Gasteiger partial charge in [0.05, 0.1) is 5.69 Å². The van der Waals surface area contributed by atoms with Crippen molar-refractivity contribution in [3.05, 3.63) is 26.3 Å². The molecule has 1 aliphatic heterocycles. The second-order valence-corrected chi connectivity index (χ2v) is 9.59. The molecule has 0 bridgehead atoms. The van der Waals surface area contributed by atoms with Crippen LogP contribution >= 0.6 is 15.9 Å². The van der Waals surface area contributed by atoms with Gasteiger partial charge in [0.2, 0.25) is 0 Å². The summed E-state index contributed by atoms with van der Waals surface area (Å²) < 4.78 is 7.47. The smallest absolute Gasteiger partial charge is 0.410 e. The van der Waals surface area contributed by atoms with Gasteiger partial charge in [0.1, 0.15) is 5.60 Å². The number of carbonyl (C=O) groups excluding carboxylic acids is 1. The number of likely N-dealkylation sites (tertiary alicyclic amines) is 1. The summed E-state index contributed by atoms with van der Waals surface area (Å²) in [6, 6.07) is 0. The molecule has 2 aromatic rings. The fourth-order valence-corrected chi connectivity index (χ4v) is 4.91. The van der Waals surface area contributed by atoms with Gasteiger partial charge in [-0.3, -0.25) is 9.89 Å². The molecule has 1 aliphatic carbocycles. The lowest BCUT2D eigenvalue weighted by Gasteiger charge is -2.37. The highest BCUT2D eigenvalue weighted by Gasteiger charge is 2.42. The standard InChI is InChI=1S/C19H26BrN5O3/c1-18(2,3)28-17(27)24-10-5-8-19(9-11-24)7-4-6-12-13(19)14(26)25-16(21-12)22-15(20)23-25/h4-11H2,1-3H3,(H,21,22,23). The predicted octanol–water partition coefficient (Wildman–Crippen LogP) is 3.18. The minimum atomic E-state index is -0.513. The highest BCUT2D eigenvalue weighted by atomic mass is 79.9. The molecular weight excluding hydrogens is 426 g/mol. The van der Waals surface area contributed by atoms with E-state index in [4.69, 9.17) is 4.74 Å². The van der Waals surface area contributed by atoms with Gasteiger partial charge in [-0.05, 0) is 75.2 Å². The van der Waals surface area contributed by atoms with E-state index >= 15 is 0 Å². The van der Waals surface area contributed by atoms with E-state index in [1.165, 1.54) is 4.52 Å². The Labute approximate surface area is 171 Å². The van der Waals surface area contributed by atoms with Crippen molar-refractivity contribution in [1.29, 1.82) is 0 Å². The van der Waals surface area contributed by atoms with Crippen LogP contribution in [0.1, 0.15) is 64.1 Å². The number of carbonyl (C=O) groups is 1. The van der Waals surface area contributed by atoms with Crippen molar-refractivity contribution in [2.45, 2.75) is 70.3 Å². The van der Waals surface area contributed by atoms with Crippen molar-refractivity contribution >= 4 is 27.8 Å². The van der Waals surface area contributed by atoms with Crippen LogP contribution in [0, 0.1) is 0 Å². The highest BCUT2D eigenvalue weighted by molar-refractivity contribution is 9.10. The third kappa shape index (κ3) is 3.44. The Morgan fingerprint density at radius 1 is 1.18 bits per heavy atom. The third-order valence-corrected chi connectivity index (χ3v) is 6.09. The first-order valence-electron chi connectivity index (χ1n) is 9.84. The molecule has 2 aliphatic rings. The van der Waals surface area contributed by atoms with Gasteiger partial charge >= 0.3 is 6.09 Å². The molecule has 0 aromatic carbocycles. The number of nitrogens with zero attached hydrogens (tertiary/aromatic N) is 4. The molecule has 1 spiro atoms. The topological polar surface area (TPSA) is 92.6 Å². The molecule has 28 heavy (non-hydrogen) atoms. The maximum Gasteiger partial charge on any atom is 0.410 e. The SMILES string of the molecule is CC(C)(C)OC(=O)N1CCCC2(CCCc3nc4nc(Br)[nH]n4c(=O)c32)CC1. The van der Waals surface area contributed by atoms with E-state index < -0.39 is 5.60 Å². The fraction of sp³-hybridized carbons (Fsp3) is 0.684. The lowest BCUT2D eigenvalue weighted by Crippen LogP contribution is -2.41. The van der Waals surface area contributed by atoms with Crippen molar-refractivity contribution in [3.63, 3.8) is 0 Å². The molecule has 152 valence electrons. The van der Waals surface area contributed by atoms with E-state index in [0.29, 0.717) is 23.6 Å². The van der Waals surface area contributed by atoms with E-state index in [1.54, 1.807) is 4.90 Å². The van der Waals surface area contributed by atoms with Gasteiger partial charge in [0.15, 0.2) is 4.73 Å². The van der Waals surface area contributed by atoms with Crippen LogP contribution in [0.4, 0.5) is 4.79 Å². The molecule has 0 saturated carbocycles. The largest absolute Gasteiger partial charge is 0.444 e. The second kappa shape index (κ2) is 6.86. The number of hydrogen-bond acceptors (Lipinski definition) is 5. The minimum absolute atomic E-state index is 0.0661. The number of rotatable bonds is 0. The first kappa shape index (κ1) is 19.4. The molecule has 0 radical (unpaired) electrons. The Morgan fingerprint density at radius 3 is 2.68 bits per heavy atom. The number of aromatic amines is 1. The normalized spacial score (nSPS) is 22.9. The highest BCUT2D eigenvalue weighted by Crippen LogP contribution is 2.43. The zero-order valence-electron chi connectivity index (χ0n) is 16.5. The number of halogens is 1. The number of ether oxygens (including phenoxy) is 1. The van der Waals surface area contributed by atoms with Gasteiger partial charge in [0, 0.05) is 24.1 Å². The van der Waals surface area contributed by atoms with Gasteiger partial charge in [-0.1, -0.05) is 0 Å². The first-order chi connectivity index (χ1) is 13.2. The maximum absolute atomic E-state index is 13.3. The number of fused-ring (bicyclic) bond motifs is 3. The summed E-state index contributed by atoms with van der Waals surface area (Å²) in [5.41, 5.74) is 0.844. The number of amides is 1. The lowest BCUT2D eigenvalue weighted by molar-refractivity contribution is 0.0253. The van der Waals surface area contributed by atoms with Crippen LogP contribution < -0.4 is 5.56 Å². The Kier molecular flexibility index (Phi) is 4.76. The van der Waals surface area contributed by atoms with Gasteiger partial charge in [0.25, 0.3) is 11.3 Å². The molecular formula is C19H26BrN5O3. The molecule has 4 rings (SSSR count). The van der Waals surface area contributed by atoms with Crippen molar-refractivity contribution in [2.75, 3.05) is 13.1 Å². The van der Waals surface area contributed by atoms with E-state index in [9.17, 15) is 9.59 Å². The van der Waals surface area contributed by atoms with Crippen LogP contribution in [0.2, 0.25) is 0 Å². The van der Waals surface area contributed by atoms with Gasteiger partial charge in [-0.25, -0.2) is 9.78 Å². The summed E-state index contributed by atoms with van der Waals surface area (Å²) in [4.78, 5) is 36.5. The Hall–Kier alpha value is -1.90. The average Bonchev–Trinajstić information content (AvgIpc) is 2.84. The number of aryl methyl sites for hydroxylation is 1. The second-order valence-electron chi connectivity index (χ2n) is 8.84. The summed E-state index contributed by atoms with van der Waals surface area (Å²) in [7, 11) is 0. The summed E-state index contributed by atoms with van der Waals surface area (Å²) in [6.45, 7) is 6.87. The van der Waals surface area contributed by atoms with Crippen LogP contribution in [0.25, 0.3) is 5.78 Å². The molecule has 9 heteroatoms. The van der Waals surface area contributed by atoms with Crippen LogP contribution in [0.15, 0.2) is 9.53 Å². The number of H-pyrrole nitrogens is 1. The summed E-state index contributed by atoms with van der Waals surface area (Å²) in [5.74, 6) is 0.400. The van der Waals surface area contributed by atoms with Crippen LogP contribution in [0.5, 0.6) is 0 Å². The molecule has 1 fully saturated rings. The zero-order valence-corrected chi connectivity index (χ0v) is 18.1. The van der Waals surface area contributed by atoms with E-state index in [1.807, 2.05) is 20.8 Å². The Bertz CT molecular complexity index is 976. The van der Waals surface area contributed by atoms with Crippen LogP contribution in [-0.2, 0) is 16.6 Å². The molecule has 8 nitrogen and oxygen atoms in total. The van der Waals surface area contributed by atoms with Crippen molar-refractivity contribution in [2.24, 2.45) is 0 Å². The summed E-state index contributed by atoms with van der Waals surface area (Å²) in [6.07, 6.45) is 4.92. The molecule has 3 heterocycles. The fourth-order valence-electron chi connectivity index (χ4n) is 4.57. The Morgan fingerprint density at radius 2 is 1.93 bits per heavy atom. The predicted molar refractivity (Wildman–Crippen MR) is 108 cm³/mol. The lowest BCUT2D eigenvalue weighted by atomic mass is 9.67. The summed E-state index contributed by atoms with van der Waals surface area (Å²) in [5, 5.41) is 2.93. The number of aromatic nitrogens is 4.